The van der Waals surface area contributed by atoms with Gasteiger partial charge in [0.15, 0.2) is 0 Å². The zero-order valence-electron chi connectivity index (χ0n) is 11.5. The van der Waals surface area contributed by atoms with E-state index in [0.717, 1.165) is 0 Å². The van der Waals surface area contributed by atoms with Gasteiger partial charge in [0.05, 0.1) is 0 Å². The second-order valence-corrected chi connectivity index (χ2v) is 6.57. The minimum atomic E-state index is -3.92. The van der Waals surface area contributed by atoms with E-state index in [-0.39, 0.29) is 11.7 Å². The Hall–Kier alpha value is -1.07. The van der Waals surface area contributed by atoms with Crippen molar-refractivity contribution in [1.29, 1.82) is 0 Å². The zero-order valence-corrected chi connectivity index (χ0v) is 13.1. The lowest BCUT2D eigenvalue weighted by Gasteiger charge is -2.13. The normalized spacial score (nSPS) is 14.7. The molecule has 0 aliphatic rings. The molecule has 0 heterocycles. The second kappa shape index (κ2) is 8.97. The van der Waals surface area contributed by atoms with Gasteiger partial charge < -0.3 is 19.8 Å². The van der Waals surface area contributed by atoms with Gasteiger partial charge in [0, 0.05) is 11.2 Å². The number of benzene rings is 1. The maximum Gasteiger partial charge on any atom is 0.474 e. The lowest BCUT2D eigenvalue weighted by molar-refractivity contribution is -0.140. The summed E-state index contributed by atoms with van der Waals surface area (Å²) in [6, 6.07) is 7.81. The average molecular weight is 324 g/mol. The molecule has 0 aromatic heterocycles. The topological polar surface area (TPSA) is 95.9 Å². The summed E-state index contributed by atoms with van der Waals surface area (Å²) >= 11 is 4.96. The molecule has 1 aromatic carbocycles. The number of carboxylic acid groups (broad SMARTS) is 1. The molecule has 3 N–H and O–H groups in total. The molecule has 8 heteroatoms. The molecule has 0 aliphatic carbocycles. The fourth-order valence-electron chi connectivity index (χ4n) is 1.35. The Morgan fingerprint density at radius 2 is 1.85 bits per heavy atom. The number of likely N-dealkylation sites (N-methyl/N-ethyl adjacent to an activating group) is 1. The van der Waals surface area contributed by atoms with Gasteiger partial charge in [-0.2, -0.15) is 0 Å². The summed E-state index contributed by atoms with van der Waals surface area (Å²) in [5, 5.41) is 11.2. The molecule has 0 aliphatic heterocycles. The molecule has 0 spiro atoms. The van der Waals surface area contributed by atoms with Crippen LogP contribution in [0, 0.1) is 5.92 Å². The van der Waals surface area contributed by atoms with Crippen LogP contribution in [0.4, 0.5) is 0 Å². The maximum atomic E-state index is 10.5. The second-order valence-electron chi connectivity index (χ2n) is 4.20. The summed E-state index contributed by atoms with van der Waals surface area (Å²) < 4.78 is 15.0. The summed E-state index contributed by atoms with van der Waals surface area (Å²) in [6.45, 7) is -0.175. The van der Waals surface area contributed by atoms with E-state index in [1.165, 1.54) is 0 Å². The van der Waals surface area contributed by atoms with Crippen LogP contribution >= 0.6 is 18.2 Å². The van der Waals surface area contributed by atoms with E-state index >= 15 is 0 Å². The van der Waals surface area contributed by atoms with Gasteiger partial charge in [0.2, 0.25) is 0 Å². The van der Waals surface area contributed by atoms with Crippen molar-refractivity contribution in [3.63, 3.8) is 0 Å². The van der Waals surface area contributed by atoms with Crippen molar-refractivity contribution in [2.24, 2.45) is 5.92 Å². The maximum absolute atomic E-state index is 10.5. The molecular formula is C12H19ClNO5P. The van der Waals surface area contributed by atoms with E-state index in [0.29, 0.717) is 0 Å². The van der Waals surface area contributed by atoms with Crippen molar-refractivity contribution in [3.05, 3.63) is 30.3 Å². The minimum absolute atomic E-state index is 0.146. The number of carbonyl (C=O) groups is 1. The first kappa shape index (κ1) is 18.9. The smallest absolute Gasteiger partial charge is 0.474 e. The number of halogens is 1. The van der Waals surface area contributed by atoms with Crippen molar-refractivity contribution in [3.8, 4) is 5.75 Å². The van der Waals surface area contributed by atoms with Crippen molar-refractivity contribution >= 4 is 24.2 Å². The molecule has 0 fully saturated rings. The van der Waals surface area contributed by atoms with Gasteiger partial charge in [-0.25, -0.2) is 4.57 Å². The first-order valence-electron chi connectivity index (χ1n) is 5.84. The Morgan fingerprint density at radius 3 is 2.10 bits per heavy atom. The zero-order chi connectivity index (χ0) is 15.8. The van der Waals surface area contributed by atoms with Gasteiger partial charge in [0.25, 0.3) is 0 Å². The predicted molar refractivity (Wildman–Crippen MR) is 78.1 cm³/mol. The fourth-order valence-corrected chi connectivity index (χ4v) is 1.97. The highest BCUT2D eigenvalue weighted by molar-refractivity contribution is 7.80. The van der Waals surface area contributed by atoms with Crippen LogP contribution in [0.15, 0.2) is 30.3 Å². The Kier molecular flexibility index (Phi) is 8.49. The molecule has 0 bridgehead atoms. The molecule has 1 aromatic rings. The molecule has 0 saturated carbocycles. The van der Waals surface area contributed by atoms with Gasteiger partial charge in [-0.3, -0.25) is 4.79 Å². The van der Waals surface area contributed by atoms with Crippen molar-refractivity contribution < 1.29 is 23.9 Å². The van der Waals surface area contributed by atoms with E-state index in [1.807, 2.05) is 13.8 Å². The number of hydrogen-bond acceptors (Lipinski definition) is 4. The summed E-state index contributed by atoms with van der Waals surface area (Å²) in [4.78, 5) is 18.9. The third-order valence-electron chi connectivity index (χ3n) is 2.20. The molecule has 20 heavy (non-hydrogen) atoms. The Labute approximate surface area is 123 Å². The SMILES string of the molecule is CNC(C(=O)O)C(C)C.O=P(O)(Cl)Oc1ccccc1. The fraction of sp³-hybridized carbons (Fsp3) is 0.417. The molecule has 114 valence electrons. The van der Waals surface area contributed by atoms with Crippen LogP contribution in [0.5, 0.6) is 5.75 Å². The first-order chi connectivity index (χ1) is 9.17. The van der Waals surface area contributed by atoms with Crippen LogP contribution in [-0.2, 0) is 9.36 Å². The van der Waals surface area contributed by atoms with Crippen molar-refractivity contribution in [2.45, 2.75) is 19.9 Å². The van der Waals surface area contributed by atoms with Gasteiger partial charge in [-0.05, 0) is 25.1 Å². The van der Waals surface area contributed by atoms with Crippen LogP contribution < -0.4 is 9.84 Å². The molecule has 2 unspecified atom stereocenters. The highest BCUT2D eigenvalue weighted by Gasteiger charge is 2.17. The number of aliphatic carboxylic acids is 1. The summed E-state index contributed by atoms with van der Waals surface area (Å²) in [6.07, 6.45) is 0. The van der Waals surface area contributed by atoms with Crippen LogP contribution in [0.25, 0.3) is 0 Å². The van der Waals surface area contributed by atoms with Crippen LogP contribution in [-0.4, -0.2) is 29.1 Å². The number of carboxylic acids is 1. The van der Waals surface area contributed by atoms with Gasteiger partial charge >= 0.3 is 12.9 Å². The Balaban J connectivity index is 0.000000370. The quantitative estimate of drug-likeness (QED) is 0.721. The van der Waals surface area contributed by atoms with E-state index in [2.05, 4.69) is 9.84 Å². The summed E-state index contributed by atoms with van der Waals surface area (Å²) in [5.41, 5.74) is 0. The van der Waals surface area contributed by atoms with Crippen molar-refractivity contribution in [2.75, 3.05) is 7.05 Å². The lowest BCUT2D eigenvalue weighted by Crippen LogP contribution is -2.38. The number of para-hydroxylation sites is 1. The van der Waals surface area contributed by atoms with Crippen LogP contribution in [0.2, 0.25) is 0 Å². The van der Waals surface area contributed by atoms with Crippen LogP contribution in [0.1, 0.15) is 13.8 Å². The predicted octanol–water partition coefficient (Wildman–Crippen LogP) is 2.72. The Bertz CT molecular complexity index is 448. The molecular weight excluding hydrogens is 305 g/mol. The minimum Gasteiger partial charge on any atom is -0.480 e. The van der Waals surface area contributed by atoms with Crippen LogP contribution in [0.3, 0.4) is 0 Å². The summed E-state index contributed by atoms with van der Waals surface area (Å²) in [5.74, 6) is -0.353. The molecule has 0 radical (unpaired) electrons. The van der Waals surface area contributed by atoms with E-state index in [4.69, 9.17) is 21.2 Å². The lowest BCUT2D eigenvalue weighted by atomic mass is 10.1. The largest absolute Gasteiger partial charge is 0.480 e. The van der Waals surface area contributed by atoms with E-state index < -0.39 is 19.0 Å². The van der Waals surface area contributed by atoms with Gasteiger partial charge in [0.1, 0.15) is 11.8 Å². The molecule has 1 rings (SSSR count). The third kappa shape index (κ3) is 8.93. The third-order valence-corrected chi connectivity index (χ3v) is 2.85. The molecule has 0 saturated heterocycles. The highest BCUT2D eigenvalue weighted by Crippen LogP contribution is 2.47. The first-order valence-corrected chi connectivity index (χ1v) is 8.32. The Morgan fingerprint density at radius 1 is 1.35 bits per heavy atom. The molecule has 6 nitrogen and oxygen atoms in total. The van der Waals surface area contributed by atoms with Crippen molar-refractivity contribution in [1.82, 2.24) is 5.32 Å². The average Bonchev–Trinajstić information content (AvgIpc) is 2.28. The standard InChI is InChI=1S/C6H6ClO3P.C6H13NO2/c7-11(8,9)10-6-4-2-1-3-5-6;1-4(2)5(7-3)6(8)9/h1-5H,(H,8,9);4-5,7H,1-3H3,(H,8,9). The van der Waals surface area contributed by atoms with E-state index in [1.54, 1.807) is 37.4 Å². The molecule has 2 atom stereocenters. The number of rotatable bonds is 5. The molecule has 0 amide bonds. The number of nitrogens with one attached hydrogen (secondary N) is 1. The highest BCUT2D eigenvalue weighted by atomic mass is 35.7. The number of hydrogen-bond donors (Lipinski definition) is 3. The van der Waals surface area contributed by atoms with Gasteiger partial charge in [-0.15, -0.1) is 0 Å². The monoisotopic (exact) mass is 323 g/mol. The van der Waals surface area contributed by atoms with Gasteiger partial charge in [-0.1, -0.05) is 32.0 Å². The van der Waals surface area contributed by atoms with E-state index in [9.17, 15) is 9.36 Å². The summed E-state index contributed by atoms with van der Waals surface area (Å²) in [7, 11) is 1.65.